The van der Waals surface area contributed by atoms with Crippen molar-refractivity contribution in [3.63, 3.8) is 0 Å². The van der Waals surface area contributed by atoms with Gasteiger partial charge in [-0.25, -0.2) is 10.4 Å². The second-order valence-electron chi connectivity index (χ2n) is 13.1. The molecule has 0 aliphatic carbocycles. The first-order valence-electron chi connectivity index (χ1n) is 16.2. The molecule has 12 nitrogen and oxygen atoms in total. The van der Waals surface area contributed by atoms with Gasteiger partial charge in [-0.1, -0.05) is 49.7 Å². The number of fused-ring (bicyclic) bond motifs is 4. The molecular formula is C34H43ClN6O6. The van der Waals surface area contributed by atoms with Gasteiger partial charge < -0.3 is 20.3 Å². The van der Waals surface area contributed by atoms with Crippen LogP contribution in [0.25, 0.3) is 17.0 Å². The summed E-state index contributed by atoms with van der Waals surface area (Å²) in [5, 5.41) is 8.25. The van der Waals surface area contributed by atoms with Gasteiger partial charge in [-0.15, -0.1) is 0 Å². The van der Waals surface area contributed by atoms with Gasteiger partial charge in [0.15, 0.2) is 0 Å². The number of rotatable bonds is 1. The number of hydrogen-bond donors (Lipinski definition) is 3. The zero-order valence-corrected chi connectivity index (χ0v) is 28.2. The molecular weight excluding hydrogens is 624 g/mol. The Morgan fingerprint density at radius 1 is 1.06 bits per heavy atom. The average Bonchev–Trinajstić information content (AvgIpc) is 3.05. The van der Waals surface area contributed by atoms with E-state index in [0.29, 0.717) is 61.6 Å². The zero-order valence-electron chi connectivity index (χ0n) is 27.5. The molecule has 2 aromatic rings. The highest BCUT2D eigenvalue weighted by Gasteiger charge is 2.42. The molecule has 3 aliphatic heterocycles. The topological polar surface area (TPSA) is 150 Å². The Hall–Kier alpha value is -4.03. The first-order valence-corrected chi connectivity index (χ1v) is 16.6. The lowest BCUT2D eigenvalue weighted by molar-refractivity contribution is -0.157. The SMILES string of the molecule is CC(=O)N1CCC2(/C=C/c3ccc4c(Cl)cc(nc4c3)[C@@H](C)OC(=O)[C@@H]3CCCN(N3)C(=O)[C@H](C)NC(=O)[C@H](C(C)C)NC2=O)CC1. The summed E-state index contributed by atoms with van der Waals surface area (Å²) in [5.41, 5.74) is 3.79. The predicted octanol–water partition coefficient (Wildman–Crippen LogP) is 3.29. The van der Waals surface area contributed by atoms with Crippen LogP contribution >= 0.6 is 11.6 Å². The second-order valence-corrected chi connectivity index (χ2v) is 13.5. The number of likely N-dealkylation sites (tertiary alicyclic amines) is 1. The van der Waals surface area contributed by atoms with Crippen molar-refractivity contribution in [3.05, 3.63) is 46.6 Å². The number of nitrogens with zero attached hydrogens (tertiary/aromatic N) is 3. The molecule has 4 heterocycles. The number of piperidine rings is 1. The van der Waals surface area contributed by atoms with E-state index in [1.54, 1.807) is 24.8 Å². The third kappa shape index (κ3) is 7.43. The van der Waals surface area contributed by atoms with Crippen LogP contribution in [0.5, 0.6) is 0 Å². The number of halogens is 1. The standard InChI is InChI=1S/C34H43ClN6O6/c1-19(2)29-30(43)36-20(3)31(44)41-14-6-7-26(39-41)32(45)47-21(4)27-18-25(35)24-9-8-23(17-28(24)37-27)10-11-34(33(46)38-29)12-15-40(16-13-34)22(5)42/h8-11,17-21,26,29,39H,6-7,12-16H2,1-5H3,(H,36,43)(H,38,46)/b11-10+/t20-,21+,26-,29-/m0/s1. The number of carbonyl (C=O) groups excluding carboxylic acids is 5. The predicted molar refractivity (Wildman–Crippen MR) is 176 cm³/mol. The smallest absolute Gasteiger partial charge is 0.325 e. The number of nitrogens with one attached hydrogen (secondary N) is 3. The Balaban J connectivity index is 1.56. The highest BCUT2D eigenvalue weighted by Crippen LogP contribution is 2.36. The summed E-state index contributed by atoms with van der Waals surface area (Å²) in [7, 11) is 0. The fraction of sp³-hybridized carbons (Fsp3) is 0.529. The molecule has 1 aromatic carbocycles. The van der Waals surface area contributed by atoms with Crippen molar-refractivity contribution in [2.45, 2.75) is 84.5 Å². The van der Waals surface area contributed by atoms with Gasteiger partial charge in [0.05, 0.1) is 21.6 Å². The number of ether oxygens (including phenoxy) is 1. The Bertz CT molecular complexity index is 1600. The van der Waals surface area contributed by atoms with E-state index < -0.39 is 47.4 Å². The van der Waals surface area contributed by atoms with Crippen LogP contribution in [0.4, 0.5) is 0 Å². The van der Waals surface area contributed by atoms with Crippen molar-refractivity contribution in [2.75, 3.05) is 19.6 Å². The van der Waals surface area contributed by atoms with Crippen LogP contribution in [0.3, 0.4) is 0 Å². The normalized spacial score (nSPS) is 26.6. The molecule has 1 spiro atoms. The van der Waals surface area contributed by atoms with Crippen molar-refractivity contribution in [1.29, 1.82) is 0 Å². The number of hydrazine groups is 1. The monoisotopic (exact) mass is 666 g/mol. The fourth-order valence-corrected chi connectivity index (χ4v) is 6.60. The summed E-state index contributed by atoms with van der Waals surface area (Å²) in [6.45, 7) is 9.56. The lowest BCUT2D eigenvalue weighted by Gasteiger charge is -2.39. The molecule has 2 saturated heterocycles. The Morgan fingerprint density at radius 3 is 2.47 bits per heavy atom. The lowest BCUT2D eigenvalue weighted by Crippen LogP contribution is -2.61. The van der Waals surface area contributed by atoms with Crippen LogP contribution in [-0.2, 0) is 28.7 Å². The van der Waals surface area contributed by atoms with Crippen LogP contribution < -0.4 is 16.1 Å². The molecule has 5 rings (SSSR count). The van der Waals surface area contributed by atoms with Crippen molar-refractivity contribution < 1.29 is 28.7 Å². The number of hydrogen-bond acceptors (Lipinski definition) is 8. The summed E-state index contributed by atoms with van der Waals surface area (Å²) in [6, 6.07) is 4.63. The van der Waals surface area contributed by atoms with E-state index in [0.717, 1.165) is 10.9 Å². The highest BCUT2D eigenvalue weighted by molar-refractivity contribution is 6.35. The number of amides is 4. The number of benzene rings is 1. The minimum absolute atomic E-state index is 0.0623. The third-order valence-electron chi connectivity index (χ3n) is 9.36. The minimum Gasteiger partial charge on any atom is -0.455 e. The van der Waals surface area contributed by atoms with Gasteiger partial charge in [-0.05, 0) is 63.1 Å². The quantitative estimate of drug-likeness (QED) is 0.393. The highest BCUT2D eigenvalue weighted by atomic mass is 35.5. The number of aromatic nitrogens is 1. The van der Waals surface area contributed by atoms with Gasteiger partial charge in [0.25, 0.3) is 5.91 Å². The van der Waals surface area contributed by atoms with Crippen LogP contribution in [0, 0.1) is 11.3 Å². The molecule has 3 aliphatic rings. The molecule has 2 fully saturated rings. The van der Waals surface area contributed by atoms with E-state index in [2.05, 4.69) is 16.1 Å². The molecule has 5 bridgehead atoms. The Kier molecular flexibility index (Phi) is 10.2. The van der Waals surface area contributed by atoms with Gasteiger partial charge in [-0.2, -0.15) is 0 Å². The summed E-state index contributed by atoms with van der Waals surface area (Å²) >= 11 is 6.65. The Morgan fingerprint density at radius 2 is 1.79 bits per heavy atom. The molecule has 0 radical (unpaired) electrons. The van der Waals surface area contributed by atoms with Crippen molar-refractivity contribution >= 4 is 58.2 Å². The van der Waals surface area contributed by atoms with Crippen molar-refractivity contribution in [1.82, 2.24) is 31.0 Å². The Labute approximate surface area is 279 Å². The molecule has 252 valence electrons. The summed E-state index contributed by atoms with van der Waals surface area (Å²) < 4.78 is 5.79. The minimum atomic E-state index is -1.00. The van der Waals surface area contributed by atoms with Gasteiger partial charge in [0.1, 0.15) is 24.2 Å². The molecule has 4 atom stereocenters. The molecule has 0 saturated carbocycles. The molecule has 1 aromatic heterocycles. The van der Waals surface area contributed by atoms with E-state index >= 15 is 0 Å². The van der Waals surface area contributed by atoms with Crippen LogP contribution in [0.1, 0.15) is 77.7 Å². The van der Waals surface area contributed by atoms with Crippen LogP contribution in [0.15, 0.2) is 30.3 Å². The van der Waals surface area contributed by atoms with Crippen LogP contribution in [-0.4, -0.2) is 82.3 Å². The lowest BCUT2D eigenvalue weighted by atomic mass is 9.76. The van der Waals surface area contributed by atoms with Gasteiger partial charge >= 0.3 is 5.97 Å². The number of carbonyl (C=O) groups is 5. The maximum atomic E-state index is 14.1. The molecule has 0 unspecified atom stereocenters. The maximum Gasteiger partial charge on any atom is 0.325 e. The van der Waals surface area contributed by atoms with E-state index in [9.17, 15) is 24.0 Å². The maximum absolute atomic E-state index is 14.1. The summed E-state index contributed by atoms with van der Waals surface area (Å²) in [5.74, 6) is -2.12. The first-order chi connectivity index (χ1) is 22.3. The van der Waals surface area contributed by atoms with Gasteiger partial charge in [-0.3, -0.25) is 29.0 Å². The van der Waals surface area contributed by atoms with E-state index in [-0.39, 0.29) is 17.7 Å². The third-order valence-corrected chi connectivity index (χ3v) is 9.68. The number of pyridine rings is 1. The van der Waals surface area contributed by atoms with E-state index in [4.69, 9.17) is 21.3 Å². The van der Waals surface area contributed by atoms with Gasteiger partial charge in [0, 0.05) is 31.9 Å². The molecule has 47 heavy (non-hydrogen) atoms. The average molecular weight is 667 g/mol. The summed E-state index contributed by atoms with van der Waals surface area (Å²) in [4.78, 5) is 72.9. The van der Waals surface area contributed by atoms with E-state index in [1.165, 1.54) is 11.9 Å². The van der Waals surface area contributed by atoms with Crippen molar-refractivity contribution in [2.24, 2.45) is 11.3 Å². The van der Waals surface area contributed by atoms with E-state index in [1.807, 2.05) is 44.2 Å². The zero-order chi connectivity index (χ0) is 34.0. The second kappa shape index (κ2) is 14.0. The van der Waals surface area contributed by atoms with Gasteiger partial charge in [0.2, 0.25) is 17.7 Å². The van der Waals surface area contributed by atoms with Crippen LogP contribution in [0.2, 0.25) is 5.02 Å². The summed E-state index contributed by atoms with van der Waals surface area (Å²) in [6.07, 6.45) is 4.71. The first kappa shape index (κ1) is 34.3. The number of esters is 1. The number of cyclic esters (lactones) is 1. The largest absolute Gasteiger partial charge is 0.455 e. The molecule has 3 N–H and O–H groups in total. The van der Waals surface area contributed by atoms with Crippen molar-refractivity contribution in [3.8, 4) is 0 Å². The molecule has 4 amide bonds. The fourth-order valence-electron chi connectivity index (χ4n) is 6.33. The molecule has 13 heteroatoms.